The van der Waals surface area contributed by atoms with Crippen LogP contribution in [0.4, 0.5) is 0 Å². The lowest BCUT2D eigenvalue weighted by Gasteiger charge is -2.27. The van der Waals surface area contributed by atoms with Gasteiger partial charge in [0.05, 0.1) is 19.8 Å². The molecule has 0 bridgehead atoms. The fourth-order valence-electron chi connectivity index (χ4n) is 3.29. The number of nitrogens with zero attached hydrogens (tertiary/aromatic N) is 2. The molecule has 1 aromatic rings. The Labute approximate surface area is 192 Å². The summed E-state index contributed by atoms with van der Waals surface area (Å²) in [5.74, 6) is 1.72. The minimum atomic E-state index is 0. The van der Waals surface area contributed by atoms with Gasteiger partial charge in [0.15, 0.2) is 5.96 Å². The highest BCUT2D eigenvalue weighted by atomic mass is 127. The Balaban J connectivity index is 0.00000300. The molecule has 0 amide bonds. The molecule has 1 heterocycles. The standard InChI is InChI=1S/C22H36N4O2.HI/c1-2-23-22(24-10-5-13-28-18-19-8-9-19)25-16-20-6-3-4-7-21(20)17-26-11-14-27-15-12-26;/h3-4,6-7,19H,2,5,8-18H2,1H3,(H2,23,24,25);1H. The number of nitrogens with one attached hydrogen (secondary N) is 2. The van der Waals surface area contributed by atoms with Gasteiger partial charge in [-0.25, -0.2) is 4.99 Å². The minimum Gasteiger partial charge on any atom is -0.381 e. The Morgan fingerprint density at radius 3 is 2.66 bits per heavy atom. The Bertz CT molecular complexity index is 604. The summed E-state index contributed by atoms with van der Waals surface area (Å²) < 4.78 is 11.2. The number of ether oxygens (including phenoxy) is 2. The van der Waals surface area contributed by atoms with E-state index < -0.39 is 0 Å². The molecule has 0 aromatic heterocycles. The van der Waals surface area contributed by atoms with E-state index in [0.29, 0.717) is 6.54 Å². The van der Waals surface area contributed by atoms with Gasteiger partial charge in [0.25, 0.3) is 0 Å². The molecule has 1 aromatic carbocycles. The summed E-state index contributed by atoms with van der Waals surface area (Å²) in [6, 6.07) is 8.63. The van der Waals surface area contributed by atoms with Gasteiger partial charge >= 0.3 is 0 Å². The van der Waals surface area contributed by atoms with Gasteiger partial charge in [0.2, 0.25) is 0 Å². The Kier molecular flexibility index (Phi) is 11.9. The predicted octanol–water partition coefficient (Wildman–Crippen LogP) is 3.01. The average Bonchev–Trinajstić information content (AvgIpc) is 3.55. The Morgan fingerprint density at radius 1 is 1.17 bits per heavy atom. The number of hydrogen-bond donors (Lipinski definition) is 2. The predicted molar refractivity (Wildman–Crippen MR) is 129 cm³/mol. The van der Waals surface area contributed by atoms with Crippen LogP contribution >= 0.6 is 24.0 Å². The number of halogens is 1. The summed E-state index contributed by atoms with van der Waals surface area (Å²) in [4.78, 5) is 7.26. The monoisotopic (exact) mass is 516 g/mol. The minimum absolute atomic E-state index is 0. The van der Waals surface area contributed by atoms with Crippen LogP contribution in [0.3, 0.4) is 0 Å². The molecule has 29 heavy (non-hydrogen) atoms. The number of rotatable bonds is 11. The highest BCUT2D eigenvalue weighted by Gasteiger charge is 2.20. The van der Waals surface area contributed by atoms with Gasteiger partial charge in [-0.3, -0.25) is 4.90 Å². The van der Waals surface area contributed by atoms with Crippen LogP contribution in [0.15, 0.2) is 29.3 Å². The second-order valence-electron chi connectivity index (χ2n) is 7.65. The molecular formula is C22H37IN4O2. The van der Waals surface area contributed by atoms with E-state index in [1.54, 1.807) is 0 Å². The second-order valence-corrected chi connectivity index (χ2v) is 7.65. The molecule has 2 N–H and O–H groups in total. The van der Waals surface area contributed by atoms with Crippen molar-refractivity contribution in [2.45, 2.75) is 39.3 Å². The van der Waals surface area contributed by atoms with Gasteiger partial charge in [0, 0.05) is 45.9 Å². The van der Waals surface area contributed by atoms with Crippen LogP contribution in [0, 0.1) is 5.92 Å². The Hall–Kier alpha value is -0.900. The maximum Gasteiger partial charge on any atom is 0.191 e. The van der Waals surface area contributed by atoms with Crippen LogP contribution in [-0.2, 0) is 22.6 Å². The summed E-state index contributed by atoms with van der Waals surface area (Å²) in [6.45, 7) is 10.9. The third-order valence-electron chi connectivity index (χ3n) is 5.18. The summed E-state index contributed by atoms with van der Waals surface area (Å²) in [5, 5.41) is 6.77. The molecule has 1 aliphatic carbocycles. The highest BCUT2D eigenvalue weighted by Crippen LogP contribution is 2.28. The SMILES string of the molecule is CCNC(=NCc1ccccc1CN1CCOCC1)NCCCOCC1CC1.I. The maximum absolute atomic E-state index is 5.70. The van der Waals surface area contributed by atoms with E-state index in [1.807, 2.05) is 0 Å². The van der Waals surface area contributed by atoms with Crippen molar-refractivity contribution >= 4 is 29.9 Å². The van der Waals surface area contributed by atoms with E-state index in [4.69, 9.17) is 14.5 Å². The first-order valence-corrected chi connectivity index (χ1v) is 10.8. The molecule has 2 aliphatic rings. The average molecular weight is 516 g/mol. The summed E-state index contributed by atoms with van der Waals surface area (Å²) in [7, 11) is 0. The lowest BCUT2D eigenvalue weighted by atomic mass is 10.1. The molecule has 0 atom stereocenters. The van der Waals surface area contributed by atoms with Crippen molar-refractivity contribution in [1.82, 2.24) is 15.5 Å². The number of benzene rings is 1. The third-order valence-corrected chi connectivity index (χ3v) is 5.18. The molecule has 2 fully saturated rings. The van der Waals surface area contributed by atoms with E-state index in [-0.39, 0.29) is 24.0 Å². The molecule has 1 saturated carbocycles. The van der Waals surface area contributed by atoms with E-state index >= 15 is 0 Å². The summed E-state index contributed by atoms with van der Waals surface area (Å²) in [5.41, 5.74) is 2.65. The number of hydrogen-bond acceptors (Lipinski definition) is 4. The van der Waals surface area contributed by atoms with Crippen LogP contribution < -0.4 is 10.6 Å². The van der Waals surface area contributed by atoms with Gasteiger partial charge in [-0.2, -0.15) is 0 Å². The zero-order valence-corrected chi connectivity index (χ0v) is 20.0. The molecule has 164 valence electrons. The number of aliphatic imine (C=N–C) groups is 1. The molecular weight excluding hydrogens is 479 g/mol. The van der Waals surface area contributed by atoms with Gasteiger partial charge in [-0.05, 0) is 43.2 Å². The quantitative estimate of drug-likeness (QED) is 0.205. The summed E-state index contributed by atoms with van der Waals surface area (Å²) in [6.07, 6.45) is 3.70. The number of morpholine rings is 1. The highest BCUT2D eigenvalue weighted by molar-refractivity contribution is 14.0. The van der Waals surface area contributed by atoms with Gasteiger partial charge in [-0.1, -0.05) is 24.3 Å². The van der Waals surface area contributed by atoms with Crippen LogP contribution in [0.2, 0.25) is 0 Å². The molecule has 0 spiro atoms. The van der Waals surface area contributed by atoms with Crippen LogP contribution in [0.1, 0.15) is 37.3 Å². The largest absolute Gasteiger partial charge is 0.381 e. The zero-order chi connectivity index (χ0) is 19.4. The van der Waals surface area contributed by atoms with Gasteiger partial charge in [0.1, 0.15) is 0 Å². The first kappa shape index (κ1) is 24.4. The zero-order valence-electron chi connectivity index (χ0n) is 17.7. The Morgan fingerprint density at radius 2 is 1.93 bits per heavy atom. The lowest BCUT2D eigenvalue weighted by Crippen LogP contribution is -2.38. The molecule has 0 unspecified atom stereocenters. The van der Waals surface area contributed by atoms with Crippen LogP contribution in [0.5, 0.6) is 0 Å². The molecule has 0 radical (unpaired) electrons. The van der Waals surface area contributed by atoms with Gasteiger partial charge in [-0.15, -0.1) is 24.0 Å². The van der Waals surface area contributed by atoms with Crippen molar-refractivity contribution in [2.75, 3.05) is 52.6 Å². The normalized spacial score (nSPS) is 17.6. The van der Waals surface area contributed by atoms with E-state index in [2.05, 4.69) is 46.7 Å². The molecule has 1 aliphatic heterocycles. The molecule has 7 heteroatoms. The van der Waals surface area contributed by atoms with Crippen molar-refractivity contribution < 1.29 is 9.47 Å². The second kappa shape index (κ2) is 14.2. The molecule has 6 nitrogen and oxygen atoms in total. The topological polar surface area (TPSA) is 58.1 Å². The van der Waals surface area contributed by atoms with Crippen molar-refractivity contribution in [3.63, 3.8) is 0 Å². The van der Waals surface area contributed by atoms with Crippen LogP contribution in [0.25, 0.3) is 0 Å². The van der Waals surface area contributed by atoms with E-state index in [0.717, 1.165) is 77.4 Å². The fourth-order valence-corrected chi connectivity index (χ4v) is 3.29. The first-order chi connectivity index (χ1) is 13.8. The maximum atomic E-state index is 5.70. The van der Waals surface area contributed by atoms with E-state index in [1.165, 1.54) is 24.0 Å². The lowest BCUT2D eigenvalue weighted by molar-refractivity contribution is 0.0341. The summed E-state index contributed by atoms with van der Waals surface area (Å²) >= 11 is 0. The van der Waals surface area contributed by atoms with Crippen LogP contribution in [-0.4, -0.2) is 63.5 Å². The fraction of sp³-hybridized carbons (Fsp3) is 0.682. The van der Waals surface area contributed by atoms with Crippen molar-refractivity contribution in [3.05, 3.63) is 35.4 Å². The first-order valence-electron chi connectivity index (χ1n) is 10.8. The van der Waals surface area contributed by atoms with Crippen molar-refractivity contribution in [2.24, 2.45) is 10.9 Å². The molecule has 1 saturated heterocycles. The molecule has 3 rings (SSSR count). The van der Waals surface area contributed by atoms with Crippen molar-refractivity contribution in [1.29, 1.82) is 0 Å². The number of guanidine groups is 1. The third kappa shape index (κ3) is 9.63. The van der Waals surface area contributed by atoms with E-state index in [9.17, 15) is 0 Å². The smallest absolute Gasteiger partial charge is 0.191 e. The van der Waals surface area contributed by atoms with Gasteiger partial charge < -0.3 is 20.1 Å². The van der Waals surface area contributed by atoms with Crippen molar-refractivity contribution in [3.8, 4) is 0 Å².